The number of anilines is 4. The predicted octanol–water partition coefficient (Wildman–Crippen LogP) is 1.54. The molecule has 0 fully saturated rings. The SMILES string of the molecule is N=C(Cl)c1c(N)nc(Nc2cnn(C(F)F)c2)nc1N. The summed E-state index contributed by atoms with van der Waals surface area (Å²) in [5.41, 5.74) is 11.4. The summed E-state index contributed by atoms with van der Waals surface area (Å²) < 4.78 is 25.2. The maximum absolute atomic E-state index is 12.4. The minimum absolute atomic E-state index is 0.0143. The van der Waals surface area contributed by atoms with Gasteiger partial charge in [-0.3, -0.25) is 5.41 Å². The van der Waals surface area contributed by atoms with Crippen LogP contribution in [0, 0.1) is 5.41 Å². The van der Waals surface area contributed by atoms with Gasteiger partial charge in [0.2, 0.25) is 5.95 Å². The maximum atomic E-state index is 12.4. The van der Waals surface area contributed by atoms with Gasteiger partial charge in [0.05, 0.1) is 23.6 Å². The van der Waals surface area contributed by atoms with Crippen molar-refractivity contribution in [3.05, 3.63) is 18.0 Å². The molecule has 0 aliphatic rings. The van der Waals surface area contributed by atoms with Crippen LogP contribution in [0.25, 0.3) is 0 Å². The number of nitrogens with zero attached hydrogens (tertiary/aromatic N) is 4. The Balaban J connectivity index is 2.28. The molecule has 0 radical (unpaired) electrons. The number of alkyl halides is 2. The van der Waals surface area contributed by atoms with Crippen LogP contribution in [-0.4, -0.2) is 24.9 Å². The van der Waals surface area contributed by atoms with E-state index < -0.39 is 11.7 Å². The van der Waals surface area contributed by atoms with Crippen molar-refractivity contribution in [3.63, 3.8) is 0 Å². The van der Waals surface area contributed by atoms with E-state index >= 15 is 0 Å². The monoisotopic (exact) mass is 302 g/mol. The molecule has 2 heterocycles. The van der Waals surface area contributed by atoms with Crippen LogP contribution in [-0.2, 0) is 0 Å². The van der Waals surface area contributed by atoms with Crippen LogP contribution in [0.4, 0.5) is 32.1 Å². The van der Waals surface area contributed by atoms with Crippen LogP contribution < -0.4 is 16.8 Å². The molecule has 20 heavy (non-hydrogen) atoms. The molecule has 0 bridgehead atoms. The average molecular weight is 303 g/mol. The molecule has 106 valence electrons. The Bertz CT molecular complexity index is 632. The number of halogens is 3. The van der Waals surface area contributed by atoms with Gasteiger partial charge in [-0.2, -0.15) is 23.8 Å². The van der Waals surface area contributed by atoms with E-state index in [0.29, 0.717) is 4.68 Å². The van der Waals surface area contributed by atoms with Gasteiger partial charge >= 0.3 is 6.55 Å². The van der Waals surface area contributed by atoms with Crippen molar-refractivity contribution in [1.29, 1.82) is 5.41 Å². The second kappa shape index (κ2) is 5.25. The van der Waals surface area contributed by atoms with Crippen LogP contribution >= 0.6 is 11.6 Å². The molecular formula is C9H9ClF2N8. The standard InChI is InChI=1S/C9H9ClF2N8/c10-5(13)4-6(14)18-9(19-7(4)15)17-3-1-16-20(2-3)8(11)12/h1-2,8,13H,(H5,14,15,17,18,19). The van der Waals surface area contributed by atoms with Gasteiger partial charge in [0.25, 0.3) is 0 Å². The second-order valence-electron chi connectivity index (χ2n) is 3.62. The van der Waals surface area contributed by atoms with E-state index in [1.54, 1.807) is 0 Å². The summed E-state index contributed by atoms with van der Waals surface area (Å²) in [6, 6.07) is 0. The molecule has 0 amide bonds. The van der Waals surface area contributed by atoms with Crippen LogP contribution in [0.15, 0.2) is 12.4 Å². The molecule has 8 nitrogen and oxygen atoms in total. The molecule has 0 atom stereocenters. The Kier molecular flexibility index (Phi) is 3.66. The van der Waals surface area contributed by atoms with Crippen LogP contribution in [0.2, 0.25) is 0 Å². The van der Waals surface area contributed by atoms with E-state index in [0.717, 1.165) is 6.20 Å². The van der Waals surface area contributed by atoms with Crippen LogP contribution in [0.3, 0.4) is 0 Å². The zero-order chi connectivity index (χ0) is 14.9. The van der Waals surface area contributed by atoms with Crippen molar-refractivity contribution in [2.24, 2.45) is 0 Å². The summed E-state index contributed by atoms with van der Waals surface area (Å²) >= 11 is 5.49. The lowest BCUT2D eigenvalue weighted by Gasteiger charge is -2.08. The lowest BCUT2D eigenvalue weighted by Crippen LogP contribution is -2.10. The highest BCUT2D eigenvalue weighted by atomic mass is 35.5. The van der Waals surface area contributed by atoms with E-state index in [-0.39, 0.29) is 28.8 Å². The third-order valence-electron chi connectivity index (χ3n) is 2.24. The molecule has 0 aromatic carbocycles. The third-order valence-corrected chi connectivity index (χ3v) is 2.43. The minimum atomic E-state index is -2.75. The molecule has 6 N–H and O–H groups in total. The van der Waals surface area contributed by atoms with Gasteiger partial charge in [0.1, 0.15) is 16.8 Å². The highest BCUT2D eigenvalue weighted by molar-refractivity contribution is 6.69. The summed E-state index contributed by atoms with van der Waals surface area (Å²) in [6.07, 6.45) is 2.23. The quantitative estimate of drug-likeness (QED) is 0.633. The van der Waals surface area contributed by atoms with E-state index in [1.165, 1.54) is 6.20 Å². The van der Waals surface area contributed by atoms with Crippen LogP contribution in [0.1, 0.15) is 12.1 Å². The number of rotatable bonds is 4. The molecule has 0 saturated carbocycles. The van der Waals surface area contributed by atoms with E-state index in [2.05, 4.69) is 20.4 Å². The fraction of sp³-hybridized carbons (Fsp3) is 0.111. The second-order valence-corrected chi connectivity index (χ2v) is 4.00. The first-order chi connectivity index (χ1) is 9.38. The summed E-state index contributed by atoms with van der Waals surface area (Å²) in [5, 5.41) is 12.9. The van der Waals surface area contributed by atoms with E-state index in [4.69, 9.17) is 28.5 Å². The average Bonchev–Trinajstić information content (AvgIpc) is 2.75. The first-order valence-corrected chi connectivity index (χ1v) is 5.53. The van der Waals surface area contributed by atoms with Crippen molar-refractivity contribution < 1.29 is 8.78 Å². The van der Waals surface area contributed by atoms with Gasteiger partial charge in [0, 0.05) is 0 Å². The minimum Gasteiger partial charge on any atom is -0.383 e. The maximum Gasteiger partial charge on any atom is 0.333 e. The lowest BCUT2D eigenvalue weighted by atomic mass is 10.3. The third kappa shape index (κ3) is 2.74. The number of aromatic nitrogens is 4. The van der Waals surface area contributed by atoms with Crippen molar-refractivity contribution in [2.45, 2.75) is 6.55 Å². The first-order valence-electron chi connectivity index (χ1n) is 5.15. The Morgan fingerprint density at radius 1 is 1.35 bits per heavy atom. The molecule has 0 unspecified atom stereocenters. The normalized spacial score (nSPS) is 10.8. The summed E-state index contributed by atoms with van der Waals surface area (Å²) in [7, 11) is 0. The van der Waals surface area contributed by atoms with E-state index in [9.17, 15) is 8.78 Å². The Morgan fingerprint density at radius 2 is 1.95 bits per heavy atom. The van der Waals surface area contributed by atoms with Gasteiger partial charge < -0.3 is 16.8 Å². The largest absolute Gasteiger partial charge is 0.383 e. The zero-order valence-corrected chi connectivity index (χ0v) is 10.6. The van der Waals surface area contributed by atoms with Crippen molar-refractivity contribution in [3.8, 4) is 0 Å². The number of hydrogen-bond acceptors (Lipinski definition) is 7. The topological polar surface area (TPSA) is 132 Å². The molecule has 0 spiro atoms. The first kappa shape index (κ1) is 13.9. The number of hydrogen-bond donors (Lipinski definition) is 4. The molecule has 0 aliphatic carbocycles. The fourth-order valence-corrected chi connectivity index (χ4v) is 1.61. The molecule has 0 aliphatic heterocycles. The highest BCUT2D eigenvalue weighted by Crippen LogP contribution is 2.22. The molecule has 0 saturated heterocycles. The van der Waals surface area contributed by atoms with Gasteiger partial charge in [-0.25, -0.2) is 4.68 Å². The fourth-order valence-electron chi connectivity index (χ4n) is 1.42. The zero-order valence-electron chi connectivity index (χ0n) is 9.81. The smallest absolute Gasteiger partial charge is 0.333 e. The van der Waals surface area contributed by atoms with Crippen LogP contribution in [0.5, 0.6) is 0 Å². The molecular weight excluding hydrogens is 294 g/mol. The van der Waals surface area contributed by atoms with Gasteiger partial charge in [-0.15, -0.1) is 0 Å². The number of nitrogen functional groups attached to an aromatic ring is 2. The Labute approximate surface area is 116 Å². The molecule has 2 aromatic heterocycles. The van der Waals surface area contributed by atoms with Crippen molar-refractivity contribution >= 4 is 40.0 Å². The molecule has 2 aromatic rings. The summed E-state index contributed by atoms with van der Waals surface area (Å²) in [6.45, 7) is -2.75. The predicted molar refractivity (Wildman–Crippen MR) is 70.3 cm³/mol. The summed E-state index contributed by atoms with van der Waals surface area (Å²) in [5.74, 6) is -0.210. The van der Waals surface area contributed by atoms with Gasteiger partial charge in [-0.1, -0.05) is 11.6 Å². The lowest BCUT2D eigenvalue weighted by molar-refractivity contribution is 0.0566. The summed E-state index contributed by atoms with van der Waals surface area (Å²) in [4.78, 5) is 7.66. The number of nitrogens with one attached hydrogen (secondary N) is 2. The van der Waals surface area contributed by atoms with Gasteiger partial charge in [0.15, 0.2) is 0 Å². The van der Waals surface area contributed by atoms with E-state index in [1.807, 2.05) is 0 Å². The van der Waals surface area contributed by atoms with Gasteiger partial charge in [-0.05, 0) is 0 Å². The Morgan fingerprint density at radius 3 is 2.40 bits per heavy atom. The molecule has 11 heteroatoms. The van der Waals surface area contributed by atoms with Crippen molar-refractivity contribution in [2.75, 3.05) is 16.8 Å². The molecule has 2 rings (SSSR count). The Hall–Kier alpha value is -2.49. The number of nitrogens with two attached hydrogens (primary N) is 2. The highest BCUT2D eigenvalue weighted by Gasteiger charge is 2.14. The van der Waals surface area contributed by atoms with Crippen molar-refractivity contribution in [1.82, 2.24) is 19.7 Å².